The normalized spacial score (nSPS) is 21.2. The Morgan fingerprint density at radius 1 is 1.07 bits per heavy atom. The van der Waals surface area contributed by atoms with E-state index in [1.165, 1.54) is 28.4 Å². The summed E-state index contributed by atoms with van der Waals surface area (Å²) in [6.45, 7) is 5.75. The molecule has 0 aliphatic carbocycles. The number of carbonyl (C=O) groups excluding carboxylic acids is 1. The lowest BCUT2D eigenvalue weighted by atomic mass is 10.0. The Balaban J connectivity index is 1.67. The van der Waals surface area contributed by atoms with Crippen molar-refractivity contribution in [1.82, 2.24) is 9.21 Å². The highest BCUT2D eigenvalue weighted by atomic mass is 32.2. The number of sulfonamides is 2. The van der Waals surface area contributed by atoms with Crippen LogP contribution in [0.4, 0.5) is 5.69 Å². The van der Waals surface area contributed by atoms with E-state index in [1.54, 1.807) is 60.8 Å². The van der Waals surface area contributed by atoms with Crippen molar-refractivity contribution >= 4 is 43.0 Å². The minimum Gasteiger partial charge on any atom is -0.490 e. The zero-order chi connectivity index (χ0) is 33.5. The van der Waals surface area contributed by atoms with Gasteiger partial charge in [-0.25, -0.2) is 16.8 Å². The number of thiophene rings is 1. The number of nitrogens with one attached hydrogen (secondary N) is 1. The van der Waals surface area contributed by atoms with E-state index in [-0.39, 0.29) is 52.1 Å². The second-order valence-electron chi connectivity index (χ2n) is 11.6. The van der Waals surface area contributed by atoms with Crippen molar-refractivity contribution in [3.63, 3.8) is 0 Å². The van der Waals surface area contributed by atoms with Crippen LogP contribution in [-0.4, -0.2) is 88.7 Å². The molecule has 2 heterocycles. The number of aliphatic hydroxyl groups excluding tert-OH is 1. The van der Waals surface area contributed by atoms with Crippen LogP contribution in [0.2, 0.25) is 0 Å². The number of hydrogen-bond donors (Lipinski definition) is 2. The van der Waals surface area contributed by atoms with Crippen molar-refractivity contribution in [2.45, 2.75) is 67.4 Å². The van der Waals surface area contributed by atoms with Crippen molar-refractivity contribution in [2.24, 2.45) is 5.92 Å². The number of anilines is 1. The van der Waals surface area contributed by atoms with E-state index < -0.39 is 38.1 Å². The van der Waals surface area contributed by atoms with Crippen LogP contribution in [0, 0.1) is 5.92 Å². The summed E-state index contributed by atoms with van der Waals surface area (Å²) in [5.74, 6) is -0.509. The molecule has 0 saturated carbocycles. The molecule has 0 radical (unpaired) electrons. The summed E-state index contributed by atoms with van der Waals surface area (Å²) in [5, 5.41) is 11.8. The highest BCUT2D eigenvalue weighted by Gasteiger charge is 2.32. The molecule has 3 aromatic rings. The van der Waals surface area contributed by atoms with Gasteiger partial charge < -0.3 is 19.5 Å². The van der Waals surface area contributed by atoms with E-state index in [2.05, 4.69) is 4.72 Å². The zero-order valence-corrected chi connectivity index (χ0v) is 29.0. The second-order valence-corrected chi connectivity index (χ2v) is 16.5. The average molecular weight is 694 g/mol. The summed E-state index contributed by atoms with van der Waals surface area (Å²) in [7, 11) is -6.16. The van der Waals surface area contributed by atoms with Gasteiger partial charge in [-0.3, -0.25) is 9.52 Å². The van der Waals surface area contributed by atoms with Crippen molar-refractivity contribution < 1.29 is 36.2 Å². The lowest BCUT2D eigenvalue weighted by Crippen LogP contribution is -2.48. The van der Waals surface area contributed by atoms with Crippen LogP contribution in [0.5, 0.6) is 5.75 Å². The summed E-state index contributed by atoms with van der Waals surface area (Å²) in [4.78, 5) is 16.0. The Bertz CT molecular complexity index is 1650. The minimum absolute atomic E-state index is 0.0542. The number of benzene rings is 2. The molecule has 0 bridgehead atoms. The first-order chi connectivity index (χ1) is 21.8. The first kappa shape index (κ1) is 35.8. The first-order valence-electron chi connectivity index (χ1n) is 15.2. The molecule has 11 nitrogen and oxygen atoms in total. The molecule has 4 rings (SSSR count). The highest BCUT2D eigenvalue weighted by molar-refractivity contribution is 7.94. The number of likely N-dealkylation sites (N-methyl/N-ethyl adjacent to an activating group) is 1. The third kappa shape index (κ3) is 8.87. The number of nitrogens with zero attached hydrogens (tertiary/aromatic N) is 2. The molecule has 2 aromatic carbocycles. The lowest BCUT2D eigenvalue weighted by Gasteiger charge is -2.35. The molecule has 2 N–H and O–H groups in total. The Labute approximate surface area is 276 Å². The Kier molecular flexibility index (Phi) is 12.2. The maximum Gasteiger partial charge on any atom is 0.271 e. The molecule has 252 valence electrons. The van der Waals surface area contributed by atoms with Gasteiger partial charge in [0, 0.05) is 38.3 Å². The smallest absolute Gasteiger partial charge is 0.271 e. The molecule has 4 atom stereocenters. The number of hydrogen-bond acceptors (Lipinski definition) is 9. The van der Waals surface area contributed by atoms with Gasteiger partial charge in [-0.15, -0.1) is 11.3 Å². The molecule has 0 fully saturated rings. The molecule has 46 heavy (non-hydrogen) atoms. The number of carbonyl (C=O) groups is 1. The van der Waals surface area contributed by atoms with Crippen LogP contribution in [0.15, 0.2) is 75.1 Å². The van der Waals surface area contributed by atoms with E-state index in [9.17, 15) is 26.7 Å². The maximum absolute atomic E-state index is 14.3. The summed E-state index contributed by atoms with van der Waals surface area (Å²) in [6, 6.07) is 15.3. The third-order valence-electron chi connectivity index (χ3n) is 7.95. The summed E-state index contributed by atoms with van der Waals surface area (Å²) in [6.07, 6.45) is 1.34. The van der Waals surface area contributed by atoms with E-state index in [0.29, 0.717) is 18.8 Å². The monoisotopic (exact) mass is 693 g/mol. The Hall–Kier alpha value is -3.01. The molecule has 0 saturated heterocycles. The molecule has 14 heteroatoms. The number of rotatable bonds is 9. The number of amides is 1. The van der Waals surface area contributed by atoms with Gasteiger partial charge in [-0.05, 0) is 74.9 Å². The van der Waals surface area contributed by atoms with Crippen molar-refractivity contribution in [3.8, 4) is 5.75 Å². The maximum atomic E-state index is 14.3. The van der Waals surface area contributed by atoms with Gasteiger partial charge in [-0.2, -0.15) is 4.31 Å². The van der Waals surface area contributed by atoms with E-state index in [0.717, 1.165) is 24.2 Å². The quantitative estimate of drug-likeness (QED) is 0.330. The molecule has 1 amide bonds. The molecular formula is C32H43N3O8S3. The van der Waals surface area contributed by atoms with E-state index >= 15 is 0 Å². The topological polar surface area (TPSA) is 143 Å². The van der Waals surface area contributed by atoms with Crippen LogP contribution in [-0.2, 0) is 24.8 Å². The fourth-order valence-corrected chi connectivity index (χ4v) is 8.44. The van der Waals surface area contributed by atoms with Crippen molar-refractivity contribution in [1.29, 1.82) is 0 Å². The predicted octanol–water partition coefficient (Wildman–Crippen LogP) is 4.67. The summed E-state index contributed by atoms with van der Waals surface area (Å²) in [5.41, 5.74) is 0.334. The summed E-state index contributed by atoms with van der Waals surface area (Å²) >= 11 is 1.08. The predicted molar refractivity (Wildman–Crippen MR) is 178 cm³/mol. The Morgan fingerprint density at radius 2 is 1.80 bits per heavy atom. The average Bonchev–Trinajstić information content (AvgIpc) is 3.59. The fourth-order valence-electron chi connectivity index (χ4n) is 5.19. The Morgan fingerprint density at radius 3 is 2.48 bits per heavy atom. The minimum atomic E-state index is -3.88. The summed E-state index contributed by atoms with van der Waals surface area (Å²) < 4.78 is 69.1. The third-order valence-corrected chi connectivity index (χ3v) is 12.6. The van der Waals surface area contributed by atoms with Gasteiger partial charge in [0.05, 0.1) is 35.3 Å². The second kappa shape index (κ2) is 15.7. The molecule has 1 aliphatic heterocycles. The SMILES string of the molecule is C[C@@H]1CN([C@H](C)CO)C(=O)c2cc(NS(=O)(=O)c3cccs3)ccc2O[C@@H](C)CCCCO[C@H]1CN(C)S(=O)(=O)c1ccccc1. The van der Waals surface area contributed by atoms with Crippen LogP contribution in [0.3, 0.4) is 0 Å². The van der Waals surface area contributed by atoms with Gasteiger partial charge in [0.1, 0.15) is 9.96 Å². The molecule has 1 aromatic heterocycles. The molecular weight excluding hydrogens is 651 g/mol. The van der Waals surface area contributed by atoms with Gasteiger partial charge in [-0.1, -0.05) is 31.2 Å². The molecule has 0 unspecified atom stereocenters. The number of ether oxygens (including phenoxy) is 2. The van der Waals surface area contributed by atoms with Crippen molar-refractivity contribution in [3.05, 3.63) is 71.6 Å². The van der Waals surface area contributed by atoms with Gasteiger partial charge >= 0.3 is 0 Å². The molecule has 0 spiro atoms. The fraction of sp³-hybridized carbons (Fsp3) is 0.469. The zero-order valence-electron chi connectivity index (χ0n) is 26.5. The first-order valence-corrected chi connectivity index (χ1v) is 19.1. The van der Waals surface area contributed by atoms with E-state index in [4.69, 9.17) is 9.47 Å². The van der Waals surface area contributed by atoms with Crippen LogP contribution < -0.4 is 9.46 Å². The largest absolute Gasteiger partial charge is 0.490 e. The number of fused-ring (bicyclic) bond motifs is 1. The van der Waals surface area contributed by atoms with E-state index in [1.807, 2.05) is 13.8 Å². The van der Waals surface area contributed by atoms with Crippen LogP contribution in [0.25, 0.3) is 0 Å². The van der Waals surface area contributed by atoms with Gasteiger partial charge in [0.25, 0.3) is 15.9 Å². The van der Waals surface area contributed by atoms with Gasteiger partial charge in [0.15, 0.2) is 0 Å². The van der Waals surface area contributed by atoms with Crippen LogP contribution in [0.1, 0.15) is 50.4 Å². The standard InChI is InChI=1S/C32H43N3O8S3/c1-23-20-35(24(2)22-36)32(37)28-19-26(33-45(38,39)31-14-10-18-44-31)15-16-29(28)43-25(3)11-8-9-17-42-30(23)21-34(4)46(40,41)27-12-6-5-7-13-27/h5-7,10,12-16,18-19,23-25,30,33,36H,8-9,11,17,20-22H2,1-4H3/t23-,24-,25+,30+/m1/s1. The molecule has 1 aliphatic rings. The number of aliphatic hydroxyl groups is 1. The van der Waals surface area contributed by atoms with Crippen LogP contribution >= 0.6 is 11.3 Å². The highest BCUT2D eigenvalue weighted by Crippen LogP contribution is 2.30. The van der Waals surface area contributed by atoms with Gasteiger partial charge in [0.2, 0.25) is 10.0 Å². The van der Waals surface area contributed by atoms with Crippen molar-refractivity contribution in [2.75, 3.05) is 38.1 Å². The lowest BCUT2D eigenvalue weighted by molar-refractivity contribution is -0.00833.